The van der Waals surface area contributed by atoms with E-state index in [1.165, 1.54) is 37.5 Å². The van der Waals surface area contributed by atoms with Gasteiger partial charge in [0.05, 0.1) is 11.0 Å². The molecule has 2 rings (SSSR count). The molecule has 0 saturated carbocycles. The molecule has 7 heteroatoms. The monoisotopic (exact) mass is 329 g/mol. The molecule has 0 saturated heterocycles. The van der Waals surface area contributed by atoms with Crippen molar-refractivity contribution < 1.29 is 17.5 Å². The maximum absolute atomic E-state index is 13.2. The number of benzene rings is 1. The zero-order valence-electron chi connectivity index (χ0n) is 11.7. The van der Waals surface area contributed by atoms with E-state index in [-0.39, 0.29) is 17.5 Å². The van der Waals surface area contributed by atoms with Gasteiger partial charge in [0.15, 0.2) is 0 Å². The third-order valence-electron chi connectivity index (χ3n) is 3.10. The van der Waals surface area contributed by atoms with Crippen molar-refractivity contribution in [1.29, 1.82) is 0 Å². The van der Waals surface area contributed by atoms with E-state index in [4.69, 9.17) is 4.74 Å². The molecule has 1 N–H and O–H groups in total. The molecule has 0 radical (unpaired) electrons. The second kappa shape index (κ2) is 6.65. The molecule has 4 nitrogen and oxygen atoms in total. The van der Waals surface area contributed by atoms with Gasteiger partial charge in [0.1, 0.15) is 5.82 Å². The number of halogens is 1. The van der Waals surface area contributed by atoms with Crippen molar-refractivity contribution in [3.05, 3.63) is 52.0 Å². The molecule has 1 heterocycles. The van der Waals surface area contributed by atoms with Gasteiger partial charge in [0.25, 0.3) is 0 Å². The van der Waals surface area contributed by atoms with Crippen molar-refractivity contribution in [1.82, 2.24) is 4.72 Å². The highest BCUT2D eigenvalue weighted by molar-refractivity contribution is 7.89. The van der Waals surface area contributed by atoms with Crippen LogP contribution in [0.5, 0.6) is 0 Å². The number of sulfonamides is 1. The van der Waals surface area contributed by atoms with Crippen molar-refractivity contribution in [2.75, 3.05) is 13.7 Å². The Morgan fingerprint density at radius 3 is 2.71 bits per heavy atom. The van der Waals surface area contributed by atoms with Crippen LogP contribution in [0.3, 0.4) is 0 Å². The largest absolute Gasteiger partial charge is 0.375 e. The zero-order valence-corrected chi connectivity index (χ0v) is 13.3. The molecule has 0 aliphatic rings. The molecule has 21 heavy (non-hydrogen) atoms. The Morgan fingerprint density at radius 2 is 2.14 bits per heavy atom. The summed E-state index contributed by atoms with van der Waals surface area (Å²) in [5.41, 5.74) is 1.21. The SMILES string of the molecule is COC(CNS(=O)(=O)c1ccc(F)c(C)c1)c1ccsc1. The first kappa shape index (κ1) is 16.1. The number of hydrogen-bond donors (Lipinski definition) is 1. The lowest BCUT2D eigenvalue weighted by atomic mass is 10.2. The molecular formula is C14H16FNO3S2. The second-order valence-corrected chi connectivity index (χ2v) is 7.09. The summed E-state index contributed by atoms with van der Waals surface area (Å²) >= 11 is 1.52. The Bertz CT molecular complexity index is 699. The van der Waals surface area contributed by atoms with Gasteiger partial charge in [-0.1, -0.05) is 0 Å². The predicted molar refractivity (Wildman–Crippen MR) is 80.4 cm³/mol. The second-order valence-electron chi connectivity index (χ2n) is 4.54. The van der Waals surface area contributed by atoms with Crippen LogP contribution in [0, 0.1) is 12.7 Å². The molecule has 2 aromatic rings. The lowest BCUT2D eigenvalue weighted by Gasteiger charge is -2.15. The third-order valence-corrected chi connectivity index (χ3v) is 5.22. The van der Waals surface area contributed by atoms with E-state index in [0.717, 1.165) is 11.6 Å². The Kier molecular flexibility index (Phi) is 5.10. The molecule has 1 aromatic carbocycles. The first-order valence-electron chi connectivity index (χ1n) is 6.25. The van der Waals surface area contributed by atoms with Crippen LogP contribution in [-0.2, 0) is 14.8 Å². The summed E-state index contributed by atoms with van der Waals surface area (Å²) in [4.78, 5) is 0.0431. The lowest BCUT2D eigenvalue weighted by molar-refractivity contribution is 0.107. The van der Waals surface area contributed by atoms with Gasteiger partial charge in [-0.25, -0.2) is 17.5 Å². The Morgan fingerprint density at radius 1 is 1.38 bits per heavy atom. The average Bonchev–Trinajstić information content (AvgIpc) is 2.96. The molecule has 1 unspecified atom stereocenters. The molecule has 1 atom stereocenters. The molecular weight excluding hydrogens is 313 g/mol. The van der Waals surface area contributed by atoms with Crippen LogP contribution in [0.4, 0.5) is 4.39 Å². The van der Waals surface area contributed by atoms with Gasteiger partial charge < -0.3 is 4.74 Å². The van der Waals surface area contributed by atoms with E-state index in [9.17, 15) is 12.8 Å². The predicted octanol–water partition coefficient (Wildman–Crippen LogP) is 2.86. The number of aryl methyl sites for hydroxylation is 1. The van der Waals surface area contributed by atoms with Gasteiger partial charge in [-0.2, -0.15) is 11.3 Å². The summed E-state index contributed by atoms with van der Waals surface area (Å²) in [7, 11) is -2.16. The average molecular weight is 329 g/mol. The maximum atomic E-state index is 13.2. The molecule has 0 aliphatic carbocycles. The summed E-state index contributed by atoms with van der Waals surface area (Å²) in [6.45, 7) is 1.64. The number of nitrogens with one attached hydrogen (secondary N) is 1. The fourth-order valence-electron chi connectivity index (χ4n) is 1.85. The van der Waals surface area contributed by atoms with Crippen molar-refractivity contribution >= 4 is 21.4 Å². The summed E-state index contributed by atoms with van der Waals surface area (Å²) in [6.07, 6.45) is -0.354. The minimum atomic E-state index is -3.69. The molecule has 114 valence electrons. The van der Waals surface area contributed by atoms with E-state index >= 15 is 0 Å². The highest BCUT2D eigenvalue weighted by Gasteiger charge is 2.19. The minimum Gasteiger partial charge on any atom is -0.375 e. The lowest BCUT2D eigenvalue weighted by Crippen LogP contribution is -2.29. The Balaban J connectivity index is 2.12. The van der Waals surface area contributed by atoms with Crippen LogP contribution in [0.2, 0.25) is 0 Å². The maximum Gasteiger partial charge on any atom is 0.240 e. The van der Waals surface area contributed by atoms with Crippen molar-refractivity contribution in [2.45, 2.75) is 17.9 Å². The molecule has 0 bridgehead atoms. The zero-order chi connectivity index (χ0) is 15.5. The number of thiophene rings is 1. The van der Waals surface area contributed by atoms with E-state index in [1.54, 1.807) is 0 Å². The van der Waals surface area contributed by atoms with Gasteiger partial charge in [-0.15, -0.1) is 0 Å². The van der Waals surface area contributed by atoms with Crippen molar-refractivity contribution in [3.8, 4) is 0 Å². The third kappa shape index (κ3) is 3.88. The summed E-state index contributed by atoms with van der Waals surface area (Å²) in [5, 5.41) is 3.81. The standard InChI is InChI=1S/C14H16FNO3S2/c1-10-7-12(3-4-13(10)15)21(17,18)16-8-14(19-2)11-5-6-20-9-11/h3-7,9,14,16H,8H2,1-2H3. The Hall–Kier alpha value is -1.28. The topological polar surface area (TPSA) is 55.4 Å². The highest BCUT2D eigenvalue weighted by atomic mass is 32.2. The van der Waals surface area contributed by atoms with E-state index in [1.807, 2.05) is 16.8 Å². The normalized spacial score (nSPS) is 13.3. The van der Waals surface area contributed by atoms with Gasteiger partial charge in [0, 0.05) is 13.7 Å². The molecule has 0 spiro atoms. The fraction of sp³-hybridized carbons (Fsp3) is 0.286. The molecule has 1 aromatic heterocycles. The summed E-state index contributed by atoms with van der Waals surface area (Å²) in [5.74, 6) is -0.429. The molecule has 0 fully saturated rings. The Labute approximate surface area is 127 Å². The van der Waals surface area contributed by atoms with Crippen molar-refractivity contribution in [3.63, 3.8) is 0 Å². The van der Waals surface area contributed by atoms with Crippen LogP contribution in [0.15, 0.2) is 39.9 Å². The van der Waals surface area contributed by atoms with Gasteiger partial charge >= 0.3 is 0 Å². The molecule has 0 amide bonds. The van der Waals surface area contributed by atoms with Gasteiger partial charge in [0.2, 0.25) is 10.0 Å². The van der Waals surface area contributed by atoms with E-state index < -0.39 is 15.8 Å². The van der Waals surface area contributed by atoms with Crippen LogP contribution < -0.4 is 4.72 Å². The smallest absolute Gasteiger partial charge is 0.240 e. The van der Waals surface area contributed by atoms with E-state index in [0.29, 0.717) is 5.56 Å². The number of ether oxygens (including phenoxy) is 1. The van der Waals surface area contributed by atoms with Crippen LogP contribution in [0.1, 0.15) is 17.2 Å². The van der Waals surface area contributed by atoms with Gasteiger partial charge in [-0.05, 0) is 53.1 Å². The quantitative estimate of drug-likeness (QED) is 0.886. The fourth-order valence-corrected chi connectivity index (χ4v) is 3.67. The molecule has 0 aliphatic heterocycles. The minimum absolute atomic E-state index is 0.0431. The summed E-state index contributed by atoms with van der Waals surface area (Å²) in [6, 6.07) is 5.59. The first-order valence-corrected chi connectivity index (χ1v) is 8.67. The summed E-state index contributed by atoms with van der Waals surface area (Å²) < 4.78 is 45.4. The first-order chi connectivity index (χ1) is 9.94. The van der Waals surface area contributed by atoms with Crippen LogP contribution in [-0.4, -0.2) is 22.1 Å². The van der Waals surface area contributed by atoms with Crippen LogP contribution >= 0.6 is 11.3 Å². The highest BCUT2D eigenvalue weighted by Crippen LogP contribution is 2.20. The van der Waals surface area contributed by atoms with Crippen LogP contribution in [0.25, 0.3) is 0 Å². The number of hydrogen-bond acceptors (Lipinski definition) is 4. The number of rotatable bonds is 6. The van der Waals surface area contributed by atoms with Gasteiger partial charge in [-0.3, -0.25) is 0 Å². The number of methoxy groups -OCH3 is 1. The van der Waals surface area contributed by atoms with Crippen molar-refractivity contribution in [2.24, 2.45) is 0 Å². The van der Waals surface area contributed by atoms with E-state index in [2.05, 4.69) is 4.72 Å².